The molecule has 2 aromatic carbocycles. The van der Waals surface area contributed by atoms with E-state index in [1.165, 1.54) is 0 Å². The first-order chi connectivity index (χ1) is 9.70. The van der Waals surface area contributed by atoms with E-state index < -0.39 is 0 Å². The summed E-state index contributed by atoms with van der Waals surface area (Å²) in [5.41, 5.74) is 1.83. The van der Waals surface area contributed by atoms with E-state index in [2.05, 4.69) is 21.2 Å². The van der Waals surface area contributed by atoms with Crippen molar-refractivity contribution in [1.82, 2.24) is 0 Å². The van der Waals surface area contributed by atoms with Crippen LogP contribution in [0.1, 0.15) is 12.0 Å². The maximum atomic E-state index is 12.0. The third-order valence-corrected chi connectivity index (χ3v) is 3.65. The summed E-state index contributed by atoms with van der Waals surface area (Å²) in [5.74, 6) is 0.809. The van der Waals surface area contributed by atoms with Crippen molar-refractivity contribution in [2.45, 2.75) is 12.8 Å². The summed E-state index contributed by atoms with van der Waals surface area (Å²) in [6.07, 6.45) is 1.07. The summed E-state index contributed by atoms with van der Waals surface area (Å²) < 4.78 is 6.16. The van der Waals surface area contributed by atoms with Crippen LogP contribution in [-0.2, 0) is 11.2 Å². The lowest BCUT2D eigenvalue weighted by molar-refractivity contribution is -0.116. The lowest BCUT2D eigenvalue weighted by Gasteiger charge is -2.09. The topological polar surface area (TPSA) is 38.3 Å². The highest BCUT2D eigenvalue weighted by atomic mass is 79.9. The number of rotatable bonds is 5. The number of amides is 1. The molecular weight excluding hydrogens is 318 g/mol. The van der Waals surface area contributed by atoms with Crippen LogP contribution in [0.2, 0.25) is 0 Å². The number of hydrogen-bond donors (Lipinski definition) is 1. The molecule has 0 atom stereocenters. The van der Waals surface area contributed by atoms with Gasteiger partial charge >= 0.3 is 0 Å². The Balaban J connectivity index is 1.94. The zero-order valence-corrected chi connectivity index (χ0v) is 12.8. The highest BCUT2D eigenvalue weighted by molar-refractivity contribution is 9.10. The molecule has 1 amide bonds. The summed E-state index contributed by atoms with van der Waals surface area (Å²) >= 11 is 3.41. The molecule has 20 heavy (non-hydrogen) atoms. The van der Waals surface area contributed by atoms with Crippen molar-refractivity contribution in [3.63, 3.8) is 0 Å². The first-order valence-corrected chi connectivity index (χ1v) is 7.16. The molecule has 0 aliphatic heterocycles. The SMILES string of the molecule is COc1ccccc1CCC(=O)Nc1ccccc1Br. The minimum absolute atomic E-state index is 0.0113. The number of anilines is 1. The maximum absolute atomic E-state index is 12.0. The fourth-order valence-electron chi connectivity index (χ4n) is 1.93. The third kappa shape index (κ3) is 3.84. The first kappa shape index (κ1) is 14.6. The Kier molecular flexibility index (Phi) is 5.18. The summed E-state index contributed by atoms with van der Waals surface area (Å²) in [5, 5.41) is 2.89. The molecule has 0 saturated carbocycles. The Morgan fingerprint density at radius 1 is 1.15 bits per heavy atom. The van der Waals surface area contributed by atoms with E-state index in [4.69, 9.17) is 4.74 Å². The van der Waals surface area contributed by atoms with Crippen LogP contribution >= 0.6 is 15.9 Å². The van der Waals surface area contributed by atoms with E-state index >= 15 is 0 Å². The van der Waals surface area contributed by atoms with Crippen molar-refractivity contribution < 1.29 is 9.53 Å². The van der Waals surface area contributed by atoms with Crippen molar-refractivity contribution in [3.8, 4) is 5.75 Å². The Hall–Kier alpha value is -1.81. The van der Waals surface area contributed by atoms with Crippen molar-refractivity contribution in [2.24, 2.45) is 0 Å². The molecule has 0 aliphatic carbocycles. The van der Waals surface area contributed by atoms with Crippen molar-refractivity contribution in [1.29, 1.82) is 0 Å². The van der Waals surface area contributed by atoms with Crippen molar-refractivity contribution in [3.05, 3.63) is 58.6 Å². The summed E-state index contributed by atoms with van der Waals surface area (Å²) in [7, 11) is 1.64. The average molecular weight is 334 g/mol. The van der Waals surface area contributed by atoms with Gasteiger partial charge in [0.25, 0.3) is 0 Å². The number of benzene rings is 2. The fourth-order valence-corrected chi connectivity index (χ4v) is 2.32. The second kappa shape index (κ2) is 7.10. The van der Waals surface area contributed by atoms with Crippen LogP contribution < -0.4 is 10.1 Å². The summed E-state index contributed by atoms with van der Waals surface area (Å²) in [6.45, 7) is 0. The van der Waals surface area contributed by atoms with Crippen LogP contribution in [0.15, 0.2) is 53.0 Å². The first-order valence-electron chi connectivity index (χ1n) is 6.37. The number of methoxy groups -OCH3 is 1. The molecule has 0 aromatic heterocycles. The Morgan fingerprint density at radius 2 is 1.85 bits per heavy atom. The van der Waals surface area contributed by atoms with Crippen LogP contribution in [0.3, 0.4) is 0 Å². The number of aryl methyl sites for hydroxylation is 1. The van der Waals surface area contributed by atoms with E-state index in [9.17, 15) is 4.79 Å². The number of hydrogen-bond acceptors (Lipinski definition) is 2. The van der Waals surface area contributed by atoms with E-state index in [0.29, 0.717) is 12.8 Å². The fraction of sp³-hybridized carbons (Fsp3) is 0.188. The van der Waals surface area contributed by atoms with Crippen molar-refractivity contribution >= 4 is 27.5 Å². The minimum atomic E-state index is -0.0113. The zero-order chi connectivity index (χ0) is 14.4. The van der Waals surface area contributed by atoms with Gasteiger partial charge in [-0.15, -0.1) is 0 Å². The summed E-state index contributed by atoms with van der Waals surface area (Å²) in [4.78, 5) is 12.0. The van der Waals surface area contributed by atoms with E-state index in [1.54, 1.807) is 7.11 Å². The average Bonchev–Trinajstić information content (AvgIpc) is 2.48. The van der Waals surface area contributed by atoms with Gasteiger partial charge in [-0.25, -0.2) is 0 Å². The Labute approximate surface area is 127 Å². The molecule has 0 heterocycles. The third-order valence-electron chi connectivity index (χ3n) is 2.96. The lowest BCUT2D eigenvalue weighted by atomic mass is 10.1. The molecule has 0 spiro atoms. The maximum Gasteiger partial charge on any atom is 0.224 e. The molecule has 0 aliphatic rings. The normalized spacial score (nSPS) is 10.1. The number of carbonyl (C=O) groups excluding carboxylic acids is 1. The van der Waals surface area contributed by atoms with Gasteiger partial charge in [0.05, 0.1) is 12.8 Å². The largest absolute Gasteiger partial charge is 0.496 e. The van der Waals surface area contributed by atoms with Gasteiger partial charge in [0.2, 0.25) is 5.91 Å². The molecule has 1 N–H and O–H groups in total. The highest BCUT2D eigenvalue weighted by Gasteiger charge is 2.07. The van der Waals surface area contributed by atoms with Crippen LogP contribution in [0, 0.1) is 0 Å². The predicted molar refractivity (Wildman–Crippen MR) is 84.1 cm³/mol. The number of ether oxygens (including phenoxy) is 1. The number of nitrogens with one attached hydrogen (secondary N) is 1. The van der Waals surface area contributed by atoms with E-state index in [-0.39, 0.29) is 5.91 Å². The summed E-state index contributed by atoms with van der Waals surface area (Å²) in [6, 6.07) is 15.3. The molecular formula is C16H16BrNO2. The molecule has 0 radical (unpaired) electrons. The van der Waals surface area contributed by atoms with Crippen LogP contribution in [0.25, 0.3) is 0 Å². The molecule has 2 rings (SSSR count). The smallest absolute Gasteiger partial charge is 0.224 e. The molecule has 104 valence electrons. The number of carbonyl (C=O) groups is 1. The van der Waals surface area contributed by atoms with Crippen LogP contribution in [0.5, 0.6) is 5.75 Å². The number of halogens is 1. The van der Waals surface area contributed by atoms with Crippen LogP contribution in [0.4, 0.5) is 5.69 Å². The quantitative estimate of drug-likeness (QED) is 0.897. The van der Waals surface area contributed by atoms with Gasteiger partial charge < -0.3 is 10.1 Å². The van der Waals surface area contributed by atoms with Gasteiger partial charge in [-0.05, 0) is 46.1 Å². The van der Waals surface area contributed by atoms with Gasteiger partial charge in [-0.2, -0.15) is 0 Å². The second-order valence-electron chi connectivity index (χ2n) is 4.34. The molecule has 0 saturated heterocycles. The standard InChI is InChI=1S/C16H16BrNO2/c1-20-15-9-5-2-6-12(15)10-11-16(19)18-14-8-4-3-7-13(14)17/h2-9H,10-11H2,1H3,(H,18,19). The molecule has 3 nitrogen and oxygen atoms in total. The molecule has 0 unspecified atom stereocenters. The van der Waals surface area contributed by atoms with Gasteiger partial charge in [0, 0.05) is 10.9 Å². The molecule has 4 heteroatoms. The van der Waals surface area contributed by atoms with E-state index in [0.717, 1.165) is 21.5 Å². The Bertz CT molecular complexity index is 599. The monoisotopic (exact) mass is 333 g/mol. The highest BCUT2D eigenvalue weighted by Crippen LogP contribution is 2.22. The molecule has 0 bridgehead atoms. The zero-order valence-electron chi connectivity index (χ0n) is 11.2. The Morgan fingerprint density at radius 3 is 2.60 bits per heavy atom. The second-order valence-corrected chi connectivity index (χ2v) is 5.19. The van der Waals surface area contributed by atoms with Crippen molar-refractivity contribution in [2.75, 3.05) is 12.4 Å². The van der Waals surface area contributed by atoms with Gasteiger partial charge in [0.15, 0.2) is 0 Å². The van der Waals surface area contributed by atoms with Crippen LogP contribution in [-0.4, -0.2) is 13.0 Å². The lowest BCUT2D eigenvalue weighted by Crippen LogP contribution is -2.12. The van der Waals surface area contributed by atoms with Gasteiger partial charge in [-0.3, -0.25) is 4.79 Å². The number of para-hydroxylation sites is 2. The molecule has 0 fully saturated rings. The minimum Gasteiger partial charge on any atom is -0.496 e. The predicted octanol–water partition coefficient (Wildman–Crippen LogP) is 4.03. The van der Waals surface area contributed by atoms with Gasteiger partial charge in [0.1, 0.15) is 5.75 Å². The van der Waals surface area contributed by atoms with E-state index in [1.807, 2.05) is 48.5 Å². The molecule has 2 aromatic rings. The van der Waals surface area contributed by atoms with Gasteiger partial charge in [-0.1, -0.05) is 30.3 Å².